The molecular weight excluding hydrogens is 327 g/mol. The first-order valence-corrected chi connectivity index (χ1v) is 7.26. The molecule has 0 aliphatic heterocycles. The van der Waals surface area contributed by atoms with Crippen molar-refractivity contribution in [3.63, 3.8) is 0 Å². The zero-order valence-electron chi connectivity index (χ0n) is 11.6. The minimum absolute atomic E-state index is 0.0182. The van der Waals surface area contributed by atoms with E-state index >= 15 is 0 Å². The molecule has 0 aliphatic carbocycles. The van der Waals surface area contributed by atoms with Crippen LogP contribution in [0.25, 0.3) is 0 Å². The molecule has 0 heterocycles. The van der Waals surface area contributed by atoms with Crippen molar-refractivity contribution in [3.05, 3.63) is 23.8 Å². The van der Waals surface area contributed by atoms with Crippen LogP contribution in [0, 0.1) is 5.92 Å². The Hall–Kier alpha value is -1.35. The van der Waals surface area contributed by atoms with E-state index in [-0.39, 0.29) is 17.1 Å². The molecule has 3 nitrogen and oxygen atoms in total. The minimum Gasteiger partial charge on any atom is -0.330 e. The standard InChI is InChI=1S/C13H15F5N2OS/c1-7(5-19)12(21)20-9-4-8(13(16,17)18)2-3-10(9)22-6-11(14)15/h2-4,7,11H,5-6,19H2,1H3,(H,20,21). The molecule has 1 amide bonds. The molecule has 1 aromatic rings. The summed E-state index contributed by atoms with van der Waals surface area (Å²) in [6, 6.07) is 2.59. The summed E-state index contributed by atoms with van der Waals surface area (Å²) < 4.78 is 62.7. The van der Waals surface area contributed by atoms with Crippen LogP contribution >= 0.6 is 11.8 Å². The van der Waals surface area contributed by atoms with E-state index in [2.05, 4.69) is 5.32 Å². The van der Waals surface area contributed by atoms with Crippen molar-refractivity contribution in [1.82, 2.24) is 0 Å². The molecular formula is C13H15F5N2OS. The molecule has 124 valence electrons. The van der Waals surface area contributed by atoms with Crippen LogP contribution in [-0.4, -0.2) is 24.6 Å². The van der Waals surface area contributed by atoms with Crippen molar-refractivity contribution in [3.8, 4) is 0 Å². The number of amides is 1. The van der Waals surface area contributed by atoms with Gasteiger partial charge in [0.05, 0.1) is 17.0 Å². The summed E-state index contributed by atoms with van der Waals surface area (Å²) in [5.41, 5.74) is 4.20. The van der Waals surface area contributed by atoms with Crippen LogP contribution in [0.2, 0.25) is 0 Å². The number of benzene rings is 1. The largest absolute Gasteiger partial charge is 0.416 e. The molecule has 9 heteroatoms. The first-order valence-electron chi connectivity index (χ1n) is 6.28. The molecule has 1 aromatic carbocycles. The molecule has 0 spiro atoms. The van der Waals surface area contributed by atoms with Gasteiger partial charge in [0.1, 0.15) is 0 Å². The van der Waals surface area contributed by atoms with Gasteiger partial charge in [-0.2, -0.15) is 13.2 Å². The van der Waals surface area contributed by atoms with E-state index in [1.165, 1.54) is 6.92 Å². The Labute approximate surface area is 128 Å². The lowest BCUT2D eigenvalue weighted by Gasteiger charge is -2.16. The second-order valence-corrected chi connectivity index (χ2v) is 5.60. The molecule has 0 saturated carbocycles. The Morgan fingerprint density at radius 3 is 2.50 bits per heavy atom. The quantitative estimate of drug-likeness (QED) is 0.613. The maximum atomic E-state index is 12.7. The van der Waals surface area contributed by atoms with E-state index < -0.39 is 35.7 Å². The van der Waals surface area contributed by atoms with Crippen LogP contribution in [0.3, 0.4) is 0 Å². The second-order valence-electron chi connectivity index (χ2n) is 4.54. The number of anilines is 1. The Kier molecular flexibility index (Phi) is 6.61. The SMILES string of the molecule is CC(CN)C(=O)Nc1cc(C(F)(F)F)ccc1SCC(F)F. The summed E-state index contributed by atoms with van der Waals surface area (Å²) in [5.74, 6) is -1.76. The van der Waals surface area contributed by atoms with Gasteiger partial charge in [0.2, 0.25) is 12.3 Å². The highest BCUT2D eigenvalue weighted by atomic mass is 32.2. The van der Waals surface area contributed by atoms with Crippen LogP contribution in [0.5, 0.6) is 0 Å². The summed E-state index contributed by atoms with van der Waals surface area (Å²) in [5, 5.41) is 2.31. The zero-order chi connectivity index (χ0) is 16.9. The minimum atomic E-state index is -4.59. The number of thioether (sulfide) groups is 1. The van der Waals surface area contributed by atoms with Gasteiger partial charge in [-0.05, 0) is 18.2 Å². The first-order chi connectivity index (χ1) is 10.1. The molecule has 3 N–H and O–H groups in total. The number of nitrogens with one attached hydrogen (secondary N) is 1. The van der Waals surface area contributed by atoms with Gasteiger partial charge in [-0.25, -0.2) is 8.78 Å². The lowest BCUT2D eigenvalue weighted by atomic mass is 10.1. The highest BCUT2D eigenvalue weighted by molar-refractivity contribution is 7.99. The number of hydrogen-bond acceptors (Lipinski definition) is 3. The number of nitrogens with two attached hydrogens (primary N) is 1. The third-order valence-corrected chi connectivity index (χ3v) is 3.82. The molecule has 0 aliphatic rings. The summed E-state index contributed by atoms with van der Waals surface area (Å²) >= 11 is 0.672. The number of carbonyl (C=O) groups excluding carboxylic acids is 1. The summed E-state index contributed by atoms with van der Waals surface area (Å²) in [6.07, 6.45) is -7.20. The molecule has 0 fully saturated rings. The molecule has 1 unspecified atom stereocenters. The number of hydrogen-bond donors (Lipinski definition) is 2. The number of carbonyl (C=O) groups is 1. The van der Waals surface area contributed by atoms with E-state index in [0.717, 1.165) is 18.2 Å². The van der Waals surface area contributed by atoms with Gasteiger partial charge >= 0.3 is 6.18 Å². The van der Waals surface area contributed by atoms with Gasteiger partial charge in [0, 0.05) is 17.4 Å². The fourth-order valence-electron chi connectivity index (χ4n) is 1.45. The van der Waals surface area contributed by atoms with Gasteiger partial charge in [0.15, 0.2) is 0 Å². The Bertz CT molecular complexity index is 522. The Balaban J connectivity index is 3.08. The monoisotopic (exact) mass is 342 g/mol. The third kappa shape index (κ3) is 5.45. The average Bonchev–Trinajstić information content (AvgIpc) is 2.43. The van der Waals surface area contributed by atoms with Crippen molar-refractivity contribution >= 4 is 23.4 Å². The number of alkyl halides is 5. The second kappa shape index (κ2) is 7.77. The van der Waals surface area contributed by atoms with E-state index in [1.807, 2.05) is 0 Å². The Morgan fingerprint density at radius 2 is 2.00 bits per heavy atom. The molecule has 0 radical (unpaired) electrons. The van der Waals surface area contributed by atoms with Gasteiger partial charge in [-0.1, -0.05) is 6.92 Å². The van der Waals surface area contributed by atoms with Crippen LogP contribution in [0.4, 0.5) is 27.6 Å². The van der Waals surface area contributed by atoms with E-state index in [9.17, 15) is 26.7 Å². The topological polar surface area (TPSA) is 55.1 Å². The summed E-state index contributed by atoms with van der Waals surface area (Å²) in [4.78, 5) is 11.9. The lowest BCUT2D eigenvalue weighted by Crippen LogP contribution is -2.27. The lowest BCUT2D eigenvalue weighted by molar-refractivity contribution is -0.137. The van der Waals surface area contributed by atoms with E-state index in [4.69, 9.17) is 5.73 Å². The normalized spacial score (nSPS) is 13.3. The molecule has 1 rings (SSSR count). The maximum Gasteiger partial charge on any atom is 0.416 e. The summed E-state index contributed by atoms with van der Waals surface area (Å²) in [7, 11) is 0. The smallest absolute Gasteiger partial charge is 0.330 e. The molecule has 0 bridgehead atoms. The van der Waals surface area contributed by atoms with Crippen molar-refractivity contribution < 1.29 is 26.7 Å². The third-order valence-electron chi connectivity index (χ3n) is 2.73. The van der Waals surface area contributed by atoms with Crippen molar-refractivity contribution in [2.24, 2.45) is 11.7 Å². The number of halogens is 5. The van der Waals surface area contributed by atoms with Gasteiger partial charge < -0.3 is 11.1 Å². The fraction of sp³-hybridized carbons (Fsp3) is 0.462. The van der Waals surface area contributed by atoms with Crippen molar-refractivity contribution in [2.75, 3.05) is 17.6 Å². The van der Waals surface area contributed by atoms with Crippen LogP contribution in [0.1, 0.15) is 12.5 Å². The Morgan fingerprint density at radius 1 is 1.36 bits per heavy atom. The fourth-order valence-corrected chi connectivity index (χ4v) is 2.18. The predicted octanol–water partition coefficient (Wildman–Crippen LogP) is 3.60. The van der Waals surface area contributed by atoms with Crippen LogP contribution < -0.4 is 11.1 Å². The highest BCUT2D eigenvalue weighted by Gasteiger charge is 2.31. The molecule has 1 atom stereocenters. The molecule has 22 heavy (non-hydrogen) atoms. The van der Waals surface area contributed by atoms with Gasteiger partial charge in [0.25, 0.3) is 0 Å². The summed E-state index contributed by atoms with van der Waals surface area (Å²) in [6.45, 7) is 1.53. The maximum absolute atomic E-state index is 12.7. The highest BCUT2D eigenvalue weighted by Crippen LogP contribution is 2.36. The first kappa shape index (κ1) is 18.7. The van der Waals surface area contributed by atoms with E-state index in [0.29, 0.717) is 11.8 Å². The van der Waals surface area contributed by atoms with Gasteiger partial charge in [-0.3, -0.25) is 4.79 Å². The van der Waals surface area contributed by atoms with Crippen molar-refractivity contribution in [2.45, 2.75) is 24.4 Å². The molecule has 0 aromatic heterocycles. The van der Waals surface area contributed by atoms with Gasteiger partial charge in [-0.15, -0.1) is 11.8 Å². The predicted molar refractivity (Wildman–Crippen MR) is 75.0 cm³/mol. The van der Waals surface area contributed by atoms with E-state index in [1.54, 1.807) is 0 Å². The zero-order valence-corrected chi connectivity index (χ0v) is 12.4. The molecule has 0 saturated heterocycles. The number of rotatable bonds is 6. The van der Waals surface area contributed by atoms with Crippen LogP contribution in [0.15, 0.2) is 23.1 Å². The average molecular weight is 342 g/mol. The van der Waals surface area contributed by atoms with Crippen molar-refractivity contribution in [1.29, 1.82) is 0 Å². The van der Waals surface area contributed by atoms with Crippen LogP contribution in [-0.2, 0) is 11.0 Å².